The van der Waals surface area contributed by atoms with E-state index in [9.17, 15) is 0 Å². The van der Waals surface area contributed by atoms with E-state index in [0.29, 0.717) is 6.54 Å². The first kappa shape index (κ1) is 20.9. The Hall–Kier alpha value is -1.99. The first-order valence-corrected chi connectivity index (χ1v) is 11.6. The minimum Gasteiger partial charge on any atom is -0.378 e. The van der Waals surface area contributed by atoms with Crippen LogP contribution in [0.25, 0.3) is 0 Å². The highest BCUT2D eigenvalue weighted by atomic mass is 35.5. The fourth-order valence-electron chi connectivity index (χ4n) is 4.59. The van der Waals surface area contributed by atoms with Crippen molar-refractivity contribution in [3.8, 4) is 0 Å². The molecule has 3 N–H and O–H groups in total. The maximum atomic E-state index is 6.70. The summed E-state index contributed by atoms with van der Waals surface area (Å²) in [5.74, 6) is 0.969. The maximum Gasteiger partial charge on any atom is 0.127 e. The van der Waals surface area contributed by atoms with Crippen molar-refractivity contribution < 1.29 is 4.74 Å². The van der Waals surface area contributed by atoms with Gasteiger partial charge in [-0.2, -0.15) is 0 Å². The third-order valence-corrected chi connectivity index (χ3v) is 6.82. The number of anilines is 3. The van der Waals surface area contributed by atoms with Gasteiger partial charge in [-0.15, -0.1) is 0 Å². The van der Waals surface area contributed by atoms with Crippen molar-refractivity contribution in [2.45, 2.75) is 24.9 Å². The van der Waals surface area contributed by atoms with E-state index in [2.05, 4.69) is 33.0 Å². The summed E-state index contributed by atoms with van der Waals surface area (Å²) in [5.41, 5.74) is 3.98. The Kier molecular flexibility index (Phi) is 5.97. The lowest BCUT2D eigenvalue weighted by Gasteiger charge is -2.44. The first-order chi connectivity index (χ1) is 15.1. The molecule has 0 bridgehead atoms. The number of ether oxygens (including phenoxy) is 1. The number of nitrogens with one attached hydrogen (secondary N) is 3. The quantitative estimate of drug-likeness (QED) is 0.635. The summed E-state index contributed by atoms with van der Waals surface area (Å²) >= 11 is 12.9. The smallest absolute Gasteiger partial charge is 0.127 e. The molecule has 1 spiro atoms. The van der Waals surface area contributed by atoms with E-state index in [-0.39, 0.29) is 5.54 Å². The van der Waals surface area contributed by atoms with Crippen LogP contribution in [0.4, 0.5) is 17.1 Å². The number of halogens is 2. The van der Waals surface area contributed by atoms with Crippen LogP contribution in [0.2, 0.25) is 10.0 Å². The van der Waals surface area contributed by atoms with E-state index in [4.69, 9.17) is 32.9 Å². The topological polar surface area (TPSA) is 60.9 Å². The van der Waals surface area contributed by atoms with Gasteiger partial charge in [-0.1, -0.05) is 35.3 Å². The molecule has 0 amide bonds. The van der Waals surface area contributed by atoms with Crippen molar-refractivity contribution in [1.29, 1.82) is 0 Å². The van der Waals surface area contributed by atoms with Crippen LogP contribution >= 0.6 is 23.2 Å². The van der Waals surface area contributed by atoms with Gasteiger partial charge in [-0.3, -0.25) is 4.99 Å². The number of rotatable bonds is 3. The van der Waals surface area contributed by atoms with Gasteiger partial charge in [0.05, 0.1) is 47.4 Å². The third kappa shape index (κ3) is 4.35. The molecular formula is C23H27Cl2N5O. The number of morpholine rings is 1. The minimum atomic E-state index is -0.215. The number of hydrogen-bond donors (Lipinski definition) is 3. The Morgan fingerprint density at radius 2 is 1.84 bits per heavy atom. The SMILES string of the molecule is Clc1cccc(CN=C2Nc3cc(Cl)c(N4CCOCC4)cc3NC23CCNCC3)c1. The summed E-state index contributed by atoms with van der Waals surface area (Å²) in [7, 11) is 0. The van der Waals surface area contributed by atoms with Crippen LogP contribution in [0.1, 0.15) is 18.4 Å². The van der Waals surface area contributed by atoms with E-state index in [0.717, 1.165) is 90.7 Å². The lowest BCUT2D eigenvalue weighted by Crippen LogP contribution is -2.57. The first-order valence-electron chi connectivity index (χ1n) is 10.8. The second-order valence-corrected chi connectivity index (χ2v) is 9.17. The number of piperidine rings is 1. The van der Waals surface area contributed by atoms with E-state index in [1.54, 1.807) is 0 Å². The second-order valence-electron chi connectivity index (χ2n) is 8.33. The number of fused-ring (bicyclic) bond motifs is 1. The Bertz CT molecular complexity index is 984. The van der Waals surface area contributed by atoms with E-state index in [1.807, 2.05) is 24.3 Å². The van der Waals surface area contributed by atoms with Crippen LogP contribution in [0, 0.1) is 0 Å². The predicted molar refractivity (Wildman–Crippen MR) is 129 cm³/mol. The molecule has 2 saturated heterocycles. The monoisotopic (exact) mass is 459 g/mol. The van der Waals surface area contributed by atoms with Gasteiger partial charge < -0.3 is 25.6 Å². The van der Waals surface area contributed by atoms with Crippen LogP contribution in [-0.4, -0.2) is 50.8 Å². The molecule has 164 valence electrons. The van der Waals surface area contributed by atoms with Gasteiger partial charge >= 0.3 is 0 Å². The third-order valence-electron chi connectivity index (χ3n) is 6.28. The highest BCUT2D eigenvalue weighted by molar-refractivity contribution is 6.34. The van der Waals surface area contributed by atoms with Gasteiger partial charge in [-0.25, -0.2) is 0 Å². The Morgan fingerprint density at radius 1 is 1.03 bits per heavy atom. The Balaban J connectivity index is 1.48. The molecule has 0 atom stereocenters. The van der Waals surface area contributed by atoms with Crippen molar-refractivity contribution in [1.82, 2.24) is 5.32 Å². The largest absolute Gasteiger partial charge is 0.378 e. The molecule has 0 aliphatic carbocycles. The molecule has 5 rings (SSSR count). The van der Waals surface area contributed by atoms with Crippen LogP contribution in [0.3, 0.4) is 0 Å². The van der Waals surface area contributed by atoms with Crippen molar-refractivity contribution in [2.24, 2.45) is 4.99 Å². The van der Waals surface area contributed by atoms with Crippen molar-refractivity contribution in [3.63, 3.8) is 0 Å². The van der Waals surface area contributed by atoms with Crippen LogP contribution in [0.5, 0.6) is 0 Å². The Morgan fingerprint density at radius 3 is 2.61 bits per heavy atom. The maximum absolute atomic E-state index is 6.70. The van der Waals surface area contributed by atoms with E-state index in [1.165, 1.54) is 0 Å². The molecule has 3 heterocycles. The fourth-order valence-corrected chi connectivity index (χ4v) is 5.09. The van der Waals surface area contributed by atoms with Gasteiger partial charge in [0.25, 0.3) is 0 Å². The molecule has 3 aliphatic heterocycles. The molecule has 6 nitrogen and oxygen atoms in total. The summed E-state index contributed by atoms with van der Waals surface area (Å²) in [6.45, 7) is 5.65. The van der Waals surface area contributed by atoms with E-state index >= 15 is 0 Å². The zero-order valence-corrected chi connectivity index (χ0v) is 18.9. The molecule has 8 heteroatoms. The summed E-state index contributed by atoms with van der Waals surface area (Å²) in [6.07, 6.45) is 1.92. The number of amidine groups is 1. The van der Waals surface area contributed by atoms with Crippen LogP contribution in [-0.2, 0) is 11.3 Å². The van der Waals surface area contributed by atoms with Gasteiger partial charge in [0, 0.05) is 18.1 Å². The molecule has 0 unspecified atom stereocenters. The van der Waals surface area contributed by atoms with Gasteiger partial charge in [0.15, 0.2) is 0 Å². The summed E-state index contributed by atoms with van der Waals surface area (Å²) < 4.78 is 5.50. The number of hydrogen-bond acceptors (Lipinski definition) is 5. The van der Waals surface area contributed by atoms with Crippen molar-refractivity contribution in [2.75, 3.05) is 54.9 Å². The standard InChI is InChI=1S/C23H27Cl2N5O/c24-17-3-1-2-16(12-17)15-27-22-23(4-6-26-7-5-23)29-20-14-21(18(25)13-19(20)28-22)30-8-10-31-11-9-30/h1-3,12-14,26,29H,4-11,15H2,(H,27,28). The number of benzene rings is 2. The second kappa shape index (κ2) is 8.87. The van der Waals surface area contributed by atoms with Crippen molar-refractivity contribution >= 4 is 46.1 Å². The number of aliphatic imine (C=N–C) groups is 1. The summed E-state index contributed by atoms with van der Waals surface area (Å²) in [5, 5.41) is 12.4. The molecular weight excluding hydrogens is 433 g/mol. The lowest BCUT2D eigenvalue weighted by molar-refractivity contribution is 0.122. The number of nitrogens with zero attached hydrogens (tertiary/aromatic N) is 2. The molecule has 3 aliphatic rings. The molecule has 2 fully saturated rings. The zero-order chi connectivity index (χ0) is 21.3. The average Bonchev–Trinajstić information content (AvgIpc) is 2.79. The van der Waals surface area contributed by atoms with Crippen LogP contribution < -0.4 is 20.9 Å². The predicted octanol–water partition coefficient (Wildman–Crippen LogP) is 4.39. The minimum absolute atomic E-state index is 0.215. The van der Waals surface area contributed by atoms with Gasteiger partial charge in [-0.05, 0) is 55.8 Å². The summed E-state index contributed by atoms with van der Waals surface area (Å²) in [4.78, 5) is 7.30. The molecule has 31 heavy (non-hydrogen) atoms. The molecule has 2 aromatic carbocycles. The normalized spacial score (nSPS) is 21.5. The highest BCUT2D eigenvalue weighted by Crippen LogP contribution is 2.41. The molecule has 0 saturated carbocycles. The average molecular weight is 460 g/mol. The zero-order valence-electron chi connectivity index (χ0n) is 17.4. The fraction of sp³-hybridized carbons (Fsp3) is 0.435. The van der Waals surface area contributed by atoms with Gasteiger partial charge in [0.2, 0.25) is 0 Å². The van der Waals surface area contributed by atoms with E-state index < -0.39 is 0 Å². The molecule has 0 radical (unpaired) electrons. The lowest BCUT2D eigenvalue weighted by atomic mass is 9.84. The van der Waals surface area contributed by atoms with Crippen molar-refractivity contribution in [3.05, 3.63) is 52.0 Å². The highest BCUT2D eigenvalue weighted by Gasteiger charge is 2.41. The molecule has 0 aromatic heterocycles. The van der Waals surface area contributed by atoms with Crippen LogP contribution in [0.15, 0.2) is 41.4 Å². The summed E-state index contributed by atoms with van der Waals surface area (Å²) in [6, 6.07) is 12.1. The molecule has 2 aromatic rings. The van der Waals surface area contributed by atoms with Gasteiger partial charge in [0.1, 0.15) is 5.84 Å². The Labute approximate surface area is 193 Å².